The van der Waals surface area contributed by atoms with Gasteiger partial charge in [-0.25, -0.2) is 4.39 Å². The number of anilines is 1. The molecule has 0 saturated carbocycles. The minimum Gasteiger partial charge on any atom is -0.389 e. The zero-order chi connectivity index (χ0) is 12.4. The van der Waals surface area contributed by atoms with Gasteiger partial charge in [-0.05, 0) is 25.1 Å². The number of hydrogen-bond acceptors (Lipinski definition) is 3. The Hall–Kier alpha value is -0.940. The molecule has 0 aliphatic carbocycles. The Labute approximate surface area is 103 Å². The van der Waals surface area contributed by atoms with Crippen molar-refractivity contribution in [2.45, 2.75) is 13.0 Å². The van der Waals surface area contributed by atoms with Crippen molar-refractivity contribution in [2.75, 3.05) is 29.5 Å². The van der Waals surface area contributed by atoms with Crippen molar-refractivity contribution in [1.82, 2.24) is 0 Å². The van der Waals surface area contributed by atoms with Gasteiger partial charge in [-0.2, -0.15) is 0 Å². The van der Waals surface area contributed by atoms with Crippen LogP contribution in [0, 0.1) is 5.82 Å². The highest BCUT2D eigenvalue weighted by Gasteiger charge is 2.19. The number of aliphatic hydroxyl groups excluding tert-OH is 1. The van der Waals surface area contributed by atoms with Crippen LogP contribution in [-0.4, -0.2) is 33.9 Å². The van der Waals surface area contributed by atoms with Crippen LogP contribution in [-0.2, 0) is 10.8 Å². The highest BCUT2D eigenvalue weighted by Crippen LogP contribution is 2.28. The summed E-state index contributed by atoms with van der Waals surface area (Å²) >= 11 is 0. The summed E-state index contributed by atoms with van der Waals surface area (Å²) in [6.45, 7) is 3.01. The second-order valence-electron chi connectivity index (χ2n) is 4.21. The van der Waals surface area contributed by atoms with E-state index < -0.39 is 16.9 Å². The first-order valence-corrected chi connectivity index (χ1v) is 7.14. The topological polar surface area (TPSA) is 40.5 Å². The lowest BCUT2D eigenvalue weighted by atomic mass is 10.1. The molecule has 94 valence electrons. The number of benzene rings is 1. The van der Waals surface area contributed by atoms with E-state index in [0.29, 0.717) is 30.2 Å². The van der Waals surface area contributed by atoms with Crippen LogP contribution >= 0.6 is 0 Å². The summed E-state index contributed by atoms with van der Waals surface area (Å²) in [5.41, 5.74) is 1.44. The third-order valence-electron chi connectivity index (χ3n) is 2.96. The van der Waals surface area contributed by atoms with E-state index in [1.165, 1.54) is 12.1 Å². The molecule has 1 aliphatic rings. The molecule has 1 aromatic carbocycles. The van der Waals surface area contributed by atoms with Crippen molar-refractivity contribution in [3.63, 3.8) is 0 Å². The molecule has 1 fully saturated rings. The largest absolute Gasteiger partial charge is 0.389 e. The Bertz CT molecular complexity index is 427. The number of nitrogens with zero attached hydrogens (tertiary/aromatic N) is 1. The van der Waals surface area contributed by atoms with Gasteiger partial charge in [0.1, 0.15) is 5.82 Å². The third kappa shape index (κ3) is 2.84. The lowest BCUT2D eigenvalue weighted by Gasteiger charge is -2.30. The first kappa shape index (κ1) is 12.5. The molecule has 17 heavy (non-hydrogen) atoms. The van der Waals surface area contributed by atoms with Crippen LogP contribution in [0.3, 0.4) is 0 Å². The first-order chi connectivity index (χ1) is 8.08. The Morgan fingerprint density at radius 1 is 1.41 bits per heavy atom. The fourth-order valence-corrected chi connectivity index (χ4v) is 3.08. The first-order valence-electron chi connectivity index (χ1n) is 5.65. The summed E-state index contributed by atoms with van der Waals surface area (Å²) in [7, 11) is -0.735. The minimum absolute atomic E-state index is 0.342. The normalized spacial score (nSPS) is 19.4. The van der Waals surface area contributed by atoms with Crippen LogP contribution in [0.25, 0.3) is 0 Å². The number of rotatable bonds is 2. The highest BCUT2D eigenvalue weighted by molar-refractivity contribution is 7.85. The molecule has 2 rings (SSSR count). The van der Waals surface area contributed by atoms with E-state index in [9.17, 15) is 13.7 Å². The molecule has 3 nitrogen and oxygen atoms in total. The Balaban J connectivity index is 2.28. The molecule has 1 aromatic rings. The Kier molecular flexibility index (Phi) is 3.79. The van der Waals surface area contributed by atoms with E-state index in [-0.39, 0.29) is 5.82 Å². The van der Waals surface area contributed by atoms with E-state index in [1.807, 2.05) is 0 Å². The van der Waals surface area contributed by atoms with E-state index in [2.05, 4.69) is 4.90 Å². The molecule has 1 atom stereocenters. The SMILES string of the molecule is CC(O)c1cc(F)ccc1N1CCS(=O)CC1. The van der Waals surface area contributed by atoms with E-state index in [1.54, 1.807) is 13.0 Å². The minimum atomic E-state index is -0.735. The van der Waals surface area contributed by atoms with Crippen molar-refractivity contribution in [2.24, 2.45) is 0 Å². The molecule has 0 aromatic heterocycles. The van der Waals surface area contributed by atoms with Gasteiger partial charge in [0.15, 0.2) is 0 Å². The van der Waals surface area contributed by atoms with Crippen molar-refractivity contribution in [1.29, 1.82) is 0 Å². The van der Waals surface area contributed by atoms with Crippen molar-refractivity contribution < 1.29 is 13.7 Å². The predicted octanol–water partition coefficient (Wildman–Crippen LogP) is 1.45. The maximum Gasteiger partial charge on any atom is 0.123 e. The summed E-state index contributed by atoms with van der Waals surface area (Å²) in [5, 5.41) is 9.66. The second kappa shape index (κ2) is 5.14. The van der Waals surface area contributed by atoms with Gasteiger partial charge in [-0.3, -0.25) is 4.21 Å². The summed E-state index contributed by atoms with van der Waals surface area (Å²) in [6.07, 6.45) is -0.701. The monoisotopic (exact) mass is 257 g/mol. The molecular formula is C12H16FNO2S. The van der Waals surface area contributed by atoms with Crippen molar-refractivity contribution in [3.05, 3.63) is 29.6 Å². The van der Waals surface area contributed by atoms with Crippen LogP contribution in [0.2, 0.25) is 0 Å². The van der Waals surface area contributed by atoms with Gasteiger partial charge in [0.2, 0.25) is 0 Å². The molecule has 1 saturated heterocycles. The van der Waals surface area contributed by atoms with Gasteiger partial charge in [-0.1, -0.05) is 0 Å². The fraction of sp³-hybridized carbons (Fsp3) is 0.500. The number of halogens is 1. The van der Waals surface area contributed by atoms with Gasteiger partial charge in [0, 0.05) is 46.6 Å². The molecule has 0 bridgehead atoms. The number of aliphatic hydroxyl groups is 1. The van der Waals surface area contributed by atoms with Gasteiger partial charge in [0.05, 0.1) is 6.10 Å². The predicted molar refractivity (Wildman–Crippen MR) is 67.1 cm³/mol. The lowest BCUT2D eigenvalue weighted by molar-refractivity contribution is 0.199. The molecular weight excluding hydrogens is 241 g/mol. The summed E-state index contributed by atoms with van der Waals surface area (Å²) in [5.74, 6) is 0.929. The summed E-state index contributed by atoms with van der Waals surface area (Å²) in [6, 6.07) is 4.45. The van der Waals surface area contributed by atoms with Crippen LogP contribution < -0.4 is 4.90 Å². The van der Waals surface area contributed by atoms with Crippen LogP contribution in [0.15, 0.2) is 18.2 Å². The third-order valence-corrected chi connectivity index (χ3v) is 4.23. The maximum absolute atomic E-state index is 13.2. The zero-order valence-corrected chi connectivity index (χ0v) is 10.5. The summed E-state index contributed by atoms with van der Waals surface area (Å²) in [4.78, 5) is 2.06. The van der Waals surface area contributed by atoms with Gasteiger partial charge in [0.25, 0.3) is 0 Å². The zero-order valence-electron chi connectivity index (χ0n) is 9.73. The van der Waals surface area contributed by atoms with Gasteiger partial charge in [-0.15, -0.1) is 0 Å². The highest BCUT2D eigenvalue weighted by atomic mass is 32.2. The Morgan fingerprint density at radius 3 is 2.65 bits per heavy atom. The van der Waals surface area contributed by atoms with E-state index >= 15 is 0 Å². The Morgan fingerprint density at radius 2 is 2.06 bits per heavy atom. The van der Waals surface area contributed by atoms with Gasteiger partial charge < -0.3 is 10.0 Å². The second-order valence-corrected chi connectivity index (χ2v) is 5.91. The molecule has 1 unspecified atom stereocenters. The lowest BCUT2D eigenvalue weighted by Crippen LogP contribution is -2.38. The molecule has 0 spiro atoms. The van der Waals surface area contributed by atoms with Crippen LogP contribution in [0.5, 0.6) is 0 Å². The van der Waals surface area contributed by atoms with Crippen LogP contribution in [0.4, 0.5) is 10.1 Å². The fourth-order valence-electron chi connectivity index (χ4n) is 2.03. The van der Waals surface area contributed by atoms with Crippen LogP contribution in [0.1, 0.15) is 18.6 Å². The van der Waals surface area contributed by atoms with Gasteiger partial charge >= 0.3 is 0 Å². The molecule has 0 radical (unpaired) electrons. The standard InChI is InChI=1S/C12H16FNO2S/c1-9(15)11-8-10(13)2-3-12(11)14-4-6-17(16)7-5-14/h2-3,8-9,15H,4-7H2,1H3. The molecule has 0 amide bonds. The van der Waals surface area contributed by atoms with Crippen molar-refractivity contribution in [3.8, 4) is 0 Å². The summed E-state index contributed by atoms with van der Waals surface area (Å²) < 4.78 is 24.4. The molecule has 5 heteroatoms. The quantitative estimate of drug-likeness (QED) is 0.871. The molecule has 1 aliphatic heterocycles. The average molecular weight is 257 g/mol. The average Bonchev–Trinajstić information content (AvgIpc) is 2.30. The maximum atomic E-state index is 13.2. The van der Waals surface area contributed by atoms with E-state index in [4.69, 9.17) is 0 Å². The van der Waals surface area contributed by atoms with E-state index in [0.717, 1.165) is 5.69 Å². The molecule has 1 N–H and O–H groups in total. The smallest absolute Gasteiger partial charge is 0.123 e. The molecule has 1 heterocycles. The number of hydrogen-bond donors (Lipinski definition) is 1. The van der Waals surface area contributed by atoms with Crippen molar-refractivity contribution >= 4 is 16.5 Å².